The number of methoxy groups -OCH3 is 3. The number of carboxylic acids is 1. The number of anilines is 4. The van der Waals surface area contributed by atoms with Gasteiger partial charge in [-0.3, -0.25) is 37.7 Å². The maximum atomic E-state index is 13.3. The molecule has 0 saturated heterocycles. The third-order valence-electron chi connectivity index (χ3n) is 21.8. The zero-order valence-corrected chi connectivity index (χ0v) is 82.2. The second-order valence-electron chi connectivity index (χ2n) is 34.8. The van der Waals surface area contributed by atoms with E-state index < -0.39 is 149 Å². The van der Waals surface area contributed by atoms with Gasteiger partial charge in [0.05, 0.1) is 192 Å². The summed E-state index contributed by atoms with van der Waals surface area (Å²) in [6.45, 7) is 20.3. The number of halogens is 18. The van der Waals surface area contributed by atoms with Gasteiger partial charge < -0.3 is 80.3 Å². The fourth-order valence-electron chi connectivity index (χ4n) is 14.0. The van der Waals surface area contributed by atoms with Crippen molar-refractivity contribution in [2.75, 3.05) is 82.3 Å². The monoisotopic (exact) mass is 2170 g/mol. The maximum absolute atomic E-state index is 13.3. The van der Waals surface area contributed by atoms with Crippen molar-refractivity contribution in [3.8, 4) is 0 Å². The number of benzene rings is 4. The number of nitrogen functional groups attached to an aromatic ring is 1. The number of ether oxygens (including phenoxy) is 5. The van der Waals surface area contributed by atoms with E-state index in [1.165, 1.54) is 94.4 Å². The Morgan fingerprint density at radius 2 is 0.655 bits per heavy atom. The lowest BCUT2D eigenvalue weighted by molar-refractivity contribution is -0.192. The highest BCUT2D eigenvalue weighted by molar-refractivity contribution is 9.10. The molecule has 0 spiro atoms. The van der Waals surface area contributed by atoms with E-state index in [4.69, 9.17) is 29.8 Å². The summed E-state index contributed by atoms with van der Waals surface area (Å²) in [6, 6.07) is 10.4. The van der Waals surface area contributed by atoms with Crippen LogP contribution in [0.25, 0.3) is 0 Å². The molecule has 57 heteroatoms. The molecule has 0 bridgehead atoms. The summed E-state index contributed by atoms with van der Waals surface area (Å²) in [5.41, 5.74) is 9.74. The number of hydrogen-bond donors (Lipinski definition) is 6. The van der Waals surface area contributed by atoms with Gasteiger partial charge in [0.1, 0.15) is 27.9 Å². The second kappa shape index (κ2) is 50.2. The van der Waals surface area contributed by atoms with Crippen LogP contribution in [0.1, 0.15) is 154 Å². The molecule has 0 aliphatic carbocycles. The first kappa shape index (κ1) is 116. The second-order valence-corrected chi connectivity index (χ2v) is 35.7. The van der Waals surface area contributed by atoms with Crippen LogP contribution >= 0.6 is 15.9 Å². The van der Waals surface area contributed by atoms with Crippen LogP contribution in [0.2, 0.25) is 0 Å². The number of urea groups is 3. The van der Waals surface area contributed by atoms with Crippen molar-refractivity contribution >= 4 is 104 Å². The number of nitrogens with zero attached hydrogens (tertiary/aromatic N) is 17. The number of carbonyl (C=O) groups excluding carboxylic acids is 10. The van der Waals surface area contributed by atoms with Crippen LogP contribution in [0, 0.1) is 58.4 Å². The fraction of sp³-hybridized carbons (Fsp3) is 0.418. The number of amides is 8. The van der Waals surface area contributed by atoms with Gasteiger partial charge in [0.25, 0.3) is 0 Å². The number of nitrogens with two attached hydrogens (primary N) is 1. The Hall–Kier alpha value is -15.2. The highest BCUT2D eigenvalue weighted by atomic mass is 79.9. The predicted molar refractivity (Wildman–Crippen MR) is 490 cm³/mol. The molecule has 6 aliphatic rings. The molecule has 0 radical (unpaired) electrons. The van der Waals surface area contributed by atoms with E-state index in [1.54, 1.807) is 31.6 Å². The lowest BCUT2D eigenvalue weighted by Gasteiger charge is -2.30. The number of esters is 3. The minimum atomic E-state index is -5.08. The van der Waals surface area contributed by atoms with Crippen molar-refractivity contribution in [3.63, 3.8) is 0 Å². The van der Waals surface area contributed by atoms with E-state index in [0.29, 0.717) is 98.4 Å². The number of fused-ring (bicyclic) bond motifs is 6. The molecule has 10 aromatic rings. The van der Waals surface area contributed by atoms with Gasteiger partial charge in [-0.2, -0.15) is 70.1 Å². The van der Waals surface area contributed by atoms with E-state index in [9.17, 15) is 123 Å². The lowest BCUT2D eigenvalue weighted by atomic mass is 9.99. The molecule has 6 aliphatic heterocycles. The summed E-state index contributed by atoms with van der Waals surface area (Å²) in [5.74, 6) is -17.2. The fourth-order valence-corrected chi connectivity index (χ4v) is 14.4. The number of carboxylic acid groups (broad SMARTS) is 1. The van der Waals surface area contributed by atoms with E-state index in [2.05, 4.69) is 77.3 Å². The summed E-state index contributed by atoms with van der Waals surface area (Å²) in [6.07, 6.45) is -7.54. The molecule has 8 amide bonds. The molecule has 148 heavy (non-hydrogen) atoms. The Balaban J connectivity index is 0.000000194. The molecule has 39 nitrogen and oxygen atoms in total. The van der Waals surface area contributed by atoms with Crippen molar-refractivity contribution in [3.05, 3.63) is 223 Å². The zero-order valence-electron chi connectivity index (χ0n) is 80.7. The number of rotatable bonds is 12. The summed E-state index contributed by atoms with van der Waals surface area (Å²) >= 11 is 3.43. The standard InChI is InChI=1S/2C18H17F5N4O2.C15H14F2N4O3.C13H19N3O4.C11H16BrN3O2.C8H11N3O2.C6H5F2N.C2HF3O2/c2*1-10(18(21,22)23)6-16(28)12-8-24-27-5-4-26(9-15(12)27)17(29)25-11-2-3-13(19)14(20)7-11;1-24-14(22)10-7-18-21-5-4-20(8-13(10)21)15(23)19-9-2-3-11(16)12(17)6-9;1-13(2,3)20-12(18)15-5-6-16-10(8-15)9(7-14-16)11(17)19-4;1-11(2,3)17-10(16)14-4-5-15-9(7-14)8(12)6-13-15;1-13-8(12)6-4-10-11-3-2-9-5-7(6)11;7-5-2-1-4(9)3-6(5)8;3-2(4,5)1(6)7/h2*2-3,7-8,10H,4-6,9H2,1H3,(H,25,29);2-3,6-7H,4-5,8H2,1H3,(H,19,23);7H,5-6,8H2,1-4H3;6H,4-5,7H2,1-3H3;4,9H,2-3,5H2,1H3;1-3H,9H2;(H,6,7)/t2*10-;;;;;;/m00....../s1. The number of aliphatic carboxylic acids is 1. The van der Waals surface area contributed by atoms with E-state index in [-0.39, 0.29) is 97.8 Å². The SMILES string of the molecule is CC(C)(C)OC(=O)N1CCn2ncc(Br)c2C1.COC(=O)c1cnn2c1CN(C(=O)Nc1ccc(F)c(F)c1)CC2.COC(=O)c1cnn2c1CN(C(=O)OC(C)(C)C)CC2.COC(=O)c1cnn2c1CNCC2.C[C@@H](CC(=O)c1cnn2c1CN(C(=O)Nc1ccc(F)c(F)c1)CC2)C(F)(F)F.C[C@@H](CC(=O)c1cnn2c1CN(C(=O)Nc1ccc(F)c(F)c1)CC2)C(F)(F)F.Nc1ccc(F)c(F)c1.O=C(O)C(F)(F)F. The summed E-state index contributed by atoms with van der Waals surface area (Å²) in [4.78, 5) is 137. The van der Waals surface area contributed by atoms with Crippen LogP contribution in [0.4, 0.5) is 121 Å². The smallest absolute Gasteiger partial charge is 0.475 e. The zero-order chi connectivity index (χ0) is 110. The third-order valence-corrected chi connectivity index (χ3v) is 22.5. The molecule has 0 unspecified atom stereocenters. The highest BCUT2D eigenvalue weighted by Crippen LogP contribution is 2.35. The summed E-state index contributed by atoms with van der Waals surface area (Å²) < 4.78 is 247. The Morgan fingerprint density at radius 1 is 0.385 bits per heavy atom. The normalized spacial score (nSPS) is 14.3. The van der Waals surface area contributed by atoms with Crippen LogP contribution in [0.15, 0.2) is 114 Å². The van der Waals surface area contributed by atoms with Crippen molar-refractivity contribution in [2.24, 2.45) is 11.8 Å². The van der Waals surface area contributed by atoms with Gasteiger partial charge >= 0.3 is 72.7 Å². The molecule has 6 aromatic heterocycles. The van der Waals surface area contributed by atoms with Gasteiger partial charge in [0.2, 0.25) is 0 Å². The van der Waals surface area contributed by atoms with Crippen molar-refractivity contribution in [2.45, 2.75) is 176 Å². The number of hydrogen-bond acceptors (Lipinski definition) is 24. The van der Waals surface area contributed by atoms with Crippen molar-refractivity contribution < 1.29 is 156 Å². The molecule has 2 atom stereocenters. The minimum absolute atomic E-state index is 0.0337. The first-order valence-electron chi connectivity index (χ1n) is 44.3. The number of Topliss-reactive ketones (excluding diaryl/α,β-unsaturated/α-hetero) is 2. The molecule has 16 rings (SSSR count). The van der Waals surface area contributed by atoms with Gasteiger partial charge in [0, 0.05) is 99.6 Å². The van der Waals surface area contributed by atoms with Gasteiger partial charge in [-0.25, -0.2) is 78.3 Å². The Labute approximate surface area is 839 Å². The topological polar surface area (TPSA) is 451 Å². The maximum Gasteiger partial charge on any atom is 0.490 e. The molecular formula is C91H100BrF17N22O17. The molecule has 802 valence electrons. The van der Waals surface area contributed by atoms with Gasteiger partial charge in [-0.1, -0.05) is 13.8 Å². The molecule has 0 saturated carbocycles. The number of carbonyl (C=O) groups is 11. The van der Waals surface area contributed by atoms with Crippen LogP contribution in [0.5, 0.6) is 0 Å². The average molecular weight is 2180 g/mol. The van der Waals surface area contributed by atoms with Gasteiger partial charge in [-0.05, 0) is 112 Å². The Bertz CT molecular complexity index is 6300. The average Bonchev–Trinajstić information content (AvgIpc) is 1.66. The van der Waals surface area contributed by atoms with E-state index in [0.717, 1.165) is 91.3 Å². The highest BCUT2D eigenvalue weighted by Gasteiger charge is 2.42. The molecule has 7 N–H and O–H groups in total. The Kier molecular flexibility index (Phi) is 39.5. The number of ketones is 2. The molecule has 12 heterocycles. The van der Waals surface area contributed by atoms with Crippen molar-refractivity contribution in [1.82, 2.24) is 88.5 Å². The van der Waals surface area contributed by atoms with Crippen molar-refractivity contribution in [1.29, 1.82) is 0 Å². The number of aromatic nitrogens is 12. The number of alkyl halides is 9. The summed E-state index contributed by atoms with van der Waals surface area (Å²) in [5, 5.41) is 42.2. The first-order chi connectivity index (χ1) is 69.3. The lowest BCUT2D eigenvalue weighted by Crippen LogP contribution is -2.42. The predicted octanol–water partition coefficient (Wildman–Crippen LogP) is 15.7. The van der Waals surface area contributed by atoms with Crippen LogP contribution in [-0.4, -0.2) is 244 Å². The van der Waals surface area contributed by atoms with E-state index in [1.807, 2.05) is 50.9 Å². The quantitative estimate of drug-likeness (QED) is 0.0217. The first-order valence-corrected chi connectivity index (χ1v) is 45.1. The molecule has 0 fully saturated rings. The van der Waals surface area contributed by atoms with Crippen LogP contribution < -0.4 is 27.0 Å². The molecular weight excluding hydrogens is 2080 g/mol. The van der Waals surface area contributed by atoms with E-state index >= 15 is 0 Å². The van der Waals surface area contributed by atoms with Gasteiger partial charge in [-0.15, -0.1) is 0 Å². The Morgan fingerprint density at radius 3 is 0.953 bits per heavy atom. The number of nitrogens with one attached hydrogen (secondary N) is 4. The van der Waals surface area contributed by atoms with Gasteiger partial charge in [0.15, 0.2) is 58.1 Å². The summed E-state index contributed by atoms with van der Waals surface area (Å²) in [7, 11) is 3.96. The third kappa shape index (κ3) is 32.4. The minimum Gasteiger partial charge on any atom is -0.475 e. The largest absolute Gasteiger partial charge is 0.490 e. The molecule has 4 aromatic carbocycles. The van der Waals surface area contributed by atoms with Crippen LogP contribution in [0.3, 0.4) is 0 Å². The van der Waals surface area contributed by atoms with Crippen LogP contribution in [-0.2, 0) is 107 Å².